The van der Waals surface area contributed by atoms with E-state index in [1.54, 1.807) is 45.3 Å². The summed E-state index contributed by atoms with van der Waals surface area (Å²) in [5.41, 5.74) is 11.7. The maximum Gasteiger partial charge on any atom is 0.245 e. The maximum atomic E-state index is 12.8. The van der Waals surface area contributed by atoms with Gasteiger partial charge in [-0.2, -0.15) is 0 Å². The van der Waals surface area contributed by atoms with Gasteiger partial charge in [-0.1, -0.05) is 38.5 Å². The van der Waals surface area contributed by atoms with Crippen molar-refractivity contribution in [2.45, 2.75) is 145 Å². The molecule has 4 aromatic heterocycles. The van der Waals surface area contributed by atoms with Crippen molar-refractivity contribution in [3.05, 3.63) is 64.3 Å². The molecule has 1 aliphatic carbocycles. The number of likely N-dealkylation sites (N-methyl/N-ethyl adjacent to an activating group) is 4. The number of amides is 4. The van der Waals surface area contributed by atoms with Gasteiger partial charge in [0.15, 0.2) is 0 Å². The van der Waals surface area contributed by atoms with Crippen LogP contribution in [0.4, 0.5) is 0 Å². The van der Waals surface area contributed by atoms with Gasteiger partial charge in [0, 0.05) is 91.3 Å². The Morgan fingerprint density at radius 2 is 0.744 bits per heavy atom. The molecule has 4 fully saturated rings. The second-order valence-electron chi connectivity index (χ2n) is 21.5. The highest BCUT2D eigenvalue weighted by Gasteiger charge is 2.38. The van der Waals surface area contributed by atoms with Crippen molar-refractivity contribution in [1.82, 2.24) is 60.8 Å². The zero-order chi connectivity index (χ0) is 54.4. The molecule has 4 aromatic rings. The quantitative estimate of drug-likeness (QED) is 0.0996. The molecule has 0 aromatic carbocycles. The van der Waals surface area contributed by atoms with Gasteiger partial charge in [-0.05, 0) is 72.6 Å². The zero-order valence-corrected chi connectivity index (χ0v) is 49.4. The molecule has 78 heavy (non-hydrogen) atoms. The number of nitrogens with one attached hydrogen (secondary N) is 4. The summed E-state index contributed by atoms with van der Waals surface area (Å²) in [6, 6.07) is -0.924. The Balaban J connectivity index is 0.000000127. The Labute approximate surface area is 476 Å². The Kier molecular flexibility index (Phi) is 22.0. The summed E-state index contributed by atoms with van der Waals surface area (Å²) in [4.78, 5) is 80.4. The second kappa shape index (κ2) is 29.2. The van der Waals surface area contributed by atoms with Crippen LogP contribution in [-0.2, 0) is 59.1 Å². The summed E-state index contributed by atoms with van der Waals surface area (Å²) >= 11 is 6.31. The van der Waals surface area contributed by atoms with Crippen LogP contribution >= 0.6 is 45.3 Å². The lowest BCUT2D eigenvalue weighted by molar-refractivity contribution is -0.135. The van der Waals surface area contributed by atoms with Gasteiger partial charge in [-0.15, -0.1) is 45.3 Å². The minimum Gasteiger partial charge on any atom is -0.376 e. The maximum absolute atomic E-state index is 12.8. The number of carbonyl (C=O) groups is 4. The van der Waals surface area contributed by atoms with Gasteiger partial charge in [0.1, 0.15) is 24.2 Å². The van der Waals surface area contributed by atoms with Gasteiger partial charge in [0.2, 0.25) is 23.6 Å². The predicted molar refractivity (Wildman–Crippen MR) is 305 cm³/mol. The predicted octanol–water partition coefficient (Wildman–Crippen LogP) is 5.66. The van der Waals surface area contributed by atoms with Crippen molar-refractivity contribution in [2.24, 2.45) is 5.92 Å². The Bertz CT molecular complexity index is 2440. The lowest BCUT2D eigenvalue weighted by atomic mass is 9.99. The van der Waals surface area contributed by atoms with E-state index in [1.807, 2.05) is 64.9 Å². The number of fused-ring (bicyclic) bond motifs is 4. The third-order valence-electron chi connectivity index (χ3n) is 16.3. The van der Waals surface area contributed by atoms with Crippen molar-refractivity contribution >= 4 is 69.0 Å². The standard InChI is InChI=1S/C16H25N3OS.C15H23N3O2S.C13H19N3O2S.C11H15N3O2S/c1-17-14-15-13(18-11-21-15)8-9-19(16(14)20)10-12-6-4-2-3-5-7-12;1-16-13-14-12(17-10-21-14)6-7-18(15(13)19)9-11-5-3-2-4-8-20-11;1-14-11-12-10(15-8-19-12)4-5-16(13(11)17)7-9-3-2-6-18-9;1-12-9-10-8(13-6-17-10)2-3-14(11(9)15)4-7-5-16-7/h11-12,14,17H,2-10H2,1H3;10-11,13,16H,2-9H2,1H3;8-9,11,14H,2-7H2,1H3;6-7,9,12H,2-5H2,1H3. The highest BCUT2D eigenvalue weighted by atomic mass is 32.1. The van der Waals surface area contributed by atoms with Crippen LogP contribution in [0.15, 0.2) is 22.0 Å². The van der Waals surface area contributed by atoms with Gasteiger partial charge >= 0.3 is 0 Å². The molecule has 0 spiro atoms. The van der Waals surface area contributed by atoms with E-state index in [4.69, 9.17) is 14.2 Å². The first-order valence-corrected chi connectivity index (χ1v) is 32.1. The normalized spacial score (nSPS) is 26.6. The number of thiazole rings is 4. The van der Waals surface area contributed by atoms with Gasteiger partial charge in [-0.3, -0.25) is 19.2 Å². The summed E-state index contributed by atoms with van der Waals surface area (Å²) in [5, 5.41) is 12.6. The Morgan fingerprint density at radius 1 is 0.423 bits per heavy atom. The number of carbonyl (C=O) groups excluding carboxylic acids is 4. The first-order chi connectivity index (χ1) is 38.2. The molecule has 7 atom stereocenters. The van der Waals surface area contributed by atoms with Crippen molar-refractivity contribution in [1.29, 1.82) is 0 Å². The van der Waals surface area contributed by atoms with Crippen molar-refractivity contribution in [2.75, 3.05) is 100 Å². The lowest BCUT2D eigenvalue weighted by Crippen LogP contribution is -2.43. The molecule has 3 saturated heterocycles. The molecular weight excluding hydrogens is 1070 g/mol. The van der Waals surface area contributed by atoms with Crippen LogP contribution in [0.25, 0.3) is 0 Å². The molecule has 23 heteroatoms. The number of epoxide rings is 1. The number of hydrogen-bond acceptors (Lipinski definition) is 19. The average molecular weight is 1150 g/mol. The molecular formula is C55H82N12O7S4. The van der Waals surface area contributed by atoms with Crippen LogP contribution in [0.2, 0.25) is 0 Å². The molecule has 11 heterocycles. The first kappa shape index (κ1) is 58.8. The van der Waals surface area contributed by atoms with Crippen LogP contribution < -0.4 is 21.3 Å². The van der Waals surface area contributed by atoms with Crippen LogP contribution in [0.1, 0.15) is 144 Å². The number of rotatable bonds is 12. The van der Waals surface area contributed by atoms with Gasteiger partial charge in [0.05, 0.1) is 89.2 Å². The smallest absolute Gasteiger partial charge is 0.245 e. The fourth-order valence-electron chi connectivity index (χ4n) is 11.8. The molecule has 8 aliphatic rings. The van der Waals surface area contributed by atoms with Crippen LogP contribution in [-0.4, -0.2) is 182 Å². The summed E-state index contributed by atoms with van der Waals surface area (Å²) in [6.07, 6.45) is 18.9. The molecule has 19 nitrogen and oxygen atoms in total. The highest BCUT2D eigenvalue weighted by molar-refractivity contribution is 7.10. The lowest BCUT2D eigenvalue weighted by Gasteiger charge is -2.28. The third kappa shape index (κ3) is 15.0. The largest absolute Gasteiger partial charge is 0.376 e. The zero-order valence-electron chi connectivity index (χ0n) is 46.1. The third-order valence-corrected chi connectivity index (χ3v) is 20.0. The summed E-state index contributed by atoms with van der Waals surface area (Å²) < 4.78 is 16.7. The number of ether oxygens (including phenoxy) is 3. The number of nitrogens with zero attached hydrogens (tertiary/aromatic N) is 8. The first-order valence-electron chi connectivity index (χ1n) is 28.6. The van der Waals surface area contributed by atoms with E-state index >= 15 is 0 Å². The molecule has 0 bridgehead atoms. The van der Waals surface area contributed by atoms with Crippen LogP contribution in [0, 0.1) is 5.92 Å². The molecule has 428 valence electrons. The van der Waals surface area contributed by atoms with E-state index in [9.17, 15) is 19.2 Å². The fourth-order valence-corrected chi connectivity index (χ4v) is 15.6. The van der Waals surface area contributed by atoms with Crippen molar-refractivity contribution in [3.63, 3.8) is 0 Å². The summed E-state index contributed by atoms with van der Waals surface area (Å²) in [5.74, 6) is 1.39. The molecule has 4 N–H and O–H groups in total. The molecule has 12 rings (SSSR count). The Morgan fingerprint density at radius 3 is 1.09 bits per heavy atom. The van der Waals surface area contributed by atoms with Gasteiger partial charge in [0.25, 0.3) is 0 Å². The van der Waals surface area contributed by atoms with Crippen LogP contribution in [0.3, 0.4) is 0 Å². The fraction of sp³-hybridized carbons (Fsp3) is 0.709. The van der Waals surface area contributed by atoms with E-state index in [0.29, 0.717) is 25.6 Å². The van der Waals surface area contributed by atoms with Gasteiger partial charge in [-0.25, -0.2) is 19.9 Å². The van der Waals surface area contributed by atoms with Crippen molar-refractivity contribution < 1.29 is 33.4 Å². The Hall–Kier alpha value is -3.88. The summed E-state index contributed by atoms with van der Waals surface area (Å²) in [7, 11) is 7.38. The van der Waals surface area contributed by atoms with E-state index in [-0.39, 0.29) is 66.1 Å². The van der Waals surface area contributed by atoms with Crippen molar-refractivity contribution in [3.8, 4) is 0 Å². The summed E-state index contributed by atoms with van der Waals surface area (Å²) in [6.45, 7) is 8.58. The topological polar surface area (TPSA) is 212 Å². The van der Waals surface area contributed by atoms with Crippen LogP contribution in [0.5, 0.6) is 0 Å². The molecule has 7 unspecified atom stereocenters. The highest BCUT2D eigenvalue weighted by Crippen LogP contribution is 2.33. The molecule has 1 saturated carbocycles. The average Bonchev–Trinajstić information content (AvgIpc) is 3.79. The molecule has 7 aliphatic heterocycles. The molecule has 0 radical (unpaired) electrons. The minimum absolute atomic E-state index is 0.144. The van der Waals surface area contributed by atoms with E-state index < -0.39 is 0 Å². The minimum atomic E-state index is -0.249. The van der Waals surface area contributed by atoms with E-state index in [1.165, 1.54) is 51.4 Å². The molecule has 4 amide bonds. The van der Waals surface area contributed by atoms with E-state index in [0.717, 1.165) is 146 Å². The monoisotopic (exact) mass is 1150 g/mol. The van der Waals surface area contributed by atoms with E-state index in [2.05, 4.69) is 46.1 Å². The second-order valence-corrected chi connectivity index (χ2v) is 25.0. The SMILES string of the molecule is CNC1C(=O)N(CC2CCCCCC2)CCc2ncsc21.CNC1C(=O)N(CC2CCCCCO2)CCc2ncsc21.CNC1C(=O)N(CC2CCCO2)CCc2ncsc21.CNC1C(=O)N(CC2CO2)CCc2ncsc21. The number of aromatic nitrogens is 4. The number of hydrogen-bond donors (Lipinski definition) is 4. The van der Waals surface area contributed by atoms with Gasteiger partial charge < -0.3 is 55.1 Å².